The first-order valence-corrected chi connectivity index (χ1v) is 16.6. The molecule has 0 aromatic carbocycles. The minimum atomic E-state index is 0.464. The SMILES string of the molecule is CCCCCCCCOC1CC[C@@]2(C)C(=CC[C@H]3[C@@H]4CC[C@H]([C@H](C)CCCC(C)C)[C@@]4(C)CC[C@@H]32)C1. The first kappa shape index (κ1) is 28.7. The maximum Gasteiger partial charge on any atom is 0.0612 e. The van der Waals surface area contributed by atoms with Crippen molar-refractivity contribution in [3.63, 3.8) is 0 Å². The van der Waals surface area contributed by atoms with Gasteiger partial charge in [-0.1, -0.05) is 105 Å². The molecule has 3 saturated carbocycles. The zero-order valence-corrected chi connectivity index (χ0v) is 25.3. The van der Waals surface area contributed by atoms with Gasteiger partial charge in [-0.2, -0.15) is 0 Å². The average Bonchev–Trinajstić information content (AvgIpc) is 3.20. The van der Waals surface area contributed by atoms with Gasteiger partial charge >= 0.3 is 0 Å². The Morgan fingerprint density at radius 1 is 0.861 bits per heavy atom. The predicted octanol–water partition coefficient (Wildman–Crippen LogP) is 10.8. The fourth-order valence-electron chi connectivity index (χ4n) is 9.93. The summed E-state index contributed by atoms with van der Waals surface area (Å²) in [7, 11) is 0. The molecule has 36 heavy (non-hydrogen) atoms. The Labute approximate surface area is 226 Å². The van der Waals surface area contributed by atoms with Gasteiger partial charge in [-0.15, -0.1) is 0 Å². The highest BCUT2D eigenvalue weighted by Crippen LogP contribution is 2.67. The number of fused-ring (bicyclic) bond motifs is 5. The molecule has 0 bridgehead atoms. The molecule has 0 N–H and O–H groups in total. The summed E-state index contributed by atoms with van der Waals surface area (Å²) < 4.78 is 6.45. The van der Waals surface area contributed by atoms with E-state index in [1.807, 2.05) is 0 Å². The quantitative estimate of drug-likeness (QED) is 0.181. The van der Waals surface area contributed by atoms with Crippen molar-refractivity contribution in [1.82, 2.24) is 0 Å². The molecule has 208 valence electrons. The van der Waals surface area contributed by atoms with Crippen LogP contribution in [0.15, 0.2) is 11.6 Å². The molecule has 0 spiro atoms. The van der Waals surface area contributed by atoms with E-state index < -0.39 is 0 Å². The van der Waals surface area contributed by atoms with Crippen molar-refractivity contribution in [1.29, 1.82) is 0 Å². The summed E-state index contributed by atoms with van der Waals surface area (Å²) in [4.78, 5) is 0. The van der Waals surface area contributed by atoms with Crippen LogP contribution in [0.3, 0.4) is 0 Å². The Kier molecular flexibility index (Phi) is 10.1. The van der Waals surface area contributed by atoms with Gasteiger partial charge in [-0.05, 0) is 104 Å². The van der Waals surface area contributed by atoms with Crippen LogP contribution in [0.2, 0.25) is 0 Å². The first-order chi connectivity index (χ1) is 17.3. The van der Waals surface area contributed by atoms with Crippen LogP contribution in [0.5, 0.6) is 0 Å². The van der Waals surface area contributed by atoms with Crippen LogP contribution < -0.4 is 0 Å². The second kappa shape index (κ2) is 12.7. The van der Waals surface area contributed by atoms with E-state index in [1.165, 1.54) is 109 Å². The van der Waals surface area contributed by atoms with E-state index in [2.05, 4.69) is 47.6 Å². The molecule has 0 aromatic rings. The molecule has 0 heterocycles. The van der Waals surface area contributed by atoms with E-state index in [9.17, 15) is 0 Å². The summed E-state index contributed by atoms with van der Waals surface area (Å²) >= 11 is 0. The number of unbranched alkanes of at least 4 members (excludes halogenated alkanes) is 5. The molecule has 4 aliphatic rings. The van der Waals surface area contributed by atoms with Gasteiger partial charge in [0.1, 0.15) is 0 Å². The molecule has 4 rings (SSSR count). The molecule has 0 aliphatic heterocycles. The molecule has 8 atom stereocenters. The number of rotatable bonds is 13. The predicted molar refractivity (Wildman–Crippen MR) is 156 cm³/mol. The number of allylic oxidation sites excluding steroid dienone is 1. The summed E-state index contributed by atoms with van der Waals surface area (Å²) in [6.45, 7) is 16.1. The Bertz CT molecular complexity index is 707. The van der Waals surface area contributed by atoms with Crippen molar-refractivity contribution in [2.24, 2.45) is 46.3 Å². The topological polar surface area (TPSA) is 9.23 Å². The maximum atomic E-state index is 6.45. The third-order valence-corrected chi connectivity index (χ3v) is 12.1. The Morgan fingerprint density at radius 3 is 2.42 bits per heavy atom. The van der Waals surface area contributed by atoms with Gasteiger partial charge in [0.2, 0.25) is 0 Å². The summed E-state index contributed by atoms with van der Waals surface area (Å²) in [5, 5.41) is 0. The van der Waals surface area contributed by atoms with Crippen molar-refractivity contribution in [2.75, 3.05) is 6.61 Å². The van der Waals surface area contributed by atoms with Crippen LogP contribution in [0, 0.1) is 46.3 Å². The van der Waals surface area contributed by atoms with E-state index in [1.54, 1.807) is 5.57 Å². The lowest BCUT2D eigenvalue weighted by Gasteiger charge is -2.58. The fraction of sp³-hybridized carbons (Fsp3) is 0.943. The first-order valence-electron chi connectivity index (χ1n) is 16.6. The van der Waals surface area contributed by atoms with Crippen LogP contribution in [0.25, 0.3) is 0 Å². The van der Waals surface area contributed by atoms with Crippen LogP contribution >= 0.6 is 0 Å². The van der Waals surface area contributed by atoms with Crippen LogP contribution in [-0.4, -0.2) is 12.7 Å². The van der Waals surface area contributed by atoms with Crippen molar-refractivity contribution in [3.05, 3.63) is 11.6 Å². The Morgan fingerprint density at radius 2 is 1.64 bits per heavy atom. The molecule has 0 amide bonds. The van der Waals surface area contributed by atoms with Crippen molar-refractivity contribution < 1.29 is 4.74 Å². The van der Waals surface area contributed by atoms with Crippen molar-refractivity contribution in [2.45, 2.75) is 157 Å². The maximum absolute atomic E-state index is 6.45. The zero-order chi connectivity index (χ0) is 25.8. The van der Waals surface area contributed by atoms with Crippen LogP contribution in [0.1, 0.15) is 151 Å². The monoisotopic (exact) mass is 498 g/mol. The Balaban J connectivity index is 1.31. The van der Waals surface area contributed by atoms with Gasteiger partial charge in [0.05, 0.1) is 6.10 Å². The summed E-state index contributed by atoms with van der Waals surface area (Å²) in [5.74, 6) is 5.61. The van der Waals surface area contributed by atoms with Gasteiger partial charge in [0, 0.05) is 6.61 Å². The third kappa shape index (κ3) is 6.13. The normalized spacial score (nSPS) is 38.9. The highest BCUT2D eigenvalue weighted by Gasteiger charge is 2.59. The average molecular weight is 499 g/mol. The summed E-state index contributed by atoms with van der Waals surface area (Å²) in [6, 6.07) is 0. The molecule has 0 aromatic heterocycles. The van der Waals surface area contributed by atoms with Crippen molar-refractivity contribution >= 4 is 0 Å². The molecule has 3 fully saturated rings. The molecule has 1 nitrogen and oxygen atoms in total. The third-order valence-electron chi connectivity index (χ3n) is 12.1. The van der Waals surface area contributed by atoms with Gasteiger partial charge in [-0.3, -0.25) is 0 Å². The van der Waals surface area contributed by atoms with E-state index in [0.29, 0.717) is 16.9 Å². The molecular formula is C35H62O. The summed E-state index contributed by atoms with van der Waals surface area (Å²) in [6.07, 6.45) is 27.0. The van der Waals surface area contributed by atoms with Gasteiger partial charge in [0.25, 0.3) is 0 Å². The number of hydrogen-bond acceptors (Lipinski definition) is 1. The number of hydrogen-bond donors (Lipinski definition) is 0. The van der Waals surface area contributed by atoms with Crippen LogP contribution in [-0.2, 0) is 4.74 Å². The highest BCUT2D eigenvalue weighted by molar-refractivity contribution is 5.25. The van der Waals surface area contributed by atoms with Crippen LogP contribution in [0.4, 0.5) is 0 Å². The highest BCUT2D eigenvalue weighted by atomic mass is 16.5. The summed E-state index contributed by atoms with van der Waals surface area (Å²) in [5.41, 5.74) is 2.87. The van der Waals surface area contributed by atoms with Gasteiger partial charge < -0.3 is 4.74 Å². The van der Waals surface area contributed by atoms with E-state index >= 15 is 0 Å². The number of ether oxygens (including phenoxy) is 1. The molecule has 4 aliphatic carbocycles. The van der Waals surface area contributed by atoms with Gasteiger partial charge in [0.15, 0.2) is 0 Å². The fourth-order valence-corrected chi connectivity index (χ4v) is 9.93. The van der Waals surface area contributed by atoms with E-state index in [0.717, 1.165) is 42.1 Å². The molecular weight excluding hydrogens is 436 g/mol. The standard InChI is InChI=1S/C35H62O/c1-7-8-9-10-11-12-24-36-29-20-22-34(5)28(25-29)16-17-30-32-19-18-31(27(4)15-13-14-26(2)3)35(32,6)23-21-33(30)34/h16,26-27,29-33H,7-15,17-25H2,1-6H3/t27-,29?,30+,31-,32+,33+,34+,35-/m1/s1. The largest absolute Gasteiger partial charge is 0.378 e. The smallest absolute Gasteiger partial charge is 0.0612 e. The van der Waals surface area contributed by atoms with E-state index in [4.69, 9.17) is 4.74 Å². The Hall–Kier alpha value is -0.300. The molecule has 1 unspecified atom stereocenters. The molecule has 0 saturated heterocycles. The minimum absolute atomic E-state index is 0.464. The van der Waals surface area contributed by atoms with Crippen molar-refractivity contribution in [3.8, 4) is 0 Å². The second-order valence-electron chi connectivity index (χ2n) is 14.8. The van der Waals surface area contributed by atoms with Gasteiger partial charge in [-0.25, -0.2) is 0 Å². The lowest BCUT2D eigenvalue weighted by molar-refractivity contribution is -0.0641. The second-order valence-corrected chi connectivity index (χ2v) is 14.8. The minimum Gasteiger partial charge on any atom is -0.378 e. The molecule has 1 heteroatoms. The lowest BCUT2D eigenvalue weighted by Crippen LogP contribution is -2.51. The van der Waals surface area contributed by atoms with E-state index in [-0.39, 0.29) is 0 Å². The lowest BCUT2D eigenvalue weighted by atomic mass is 9.47. The molecule has 0 radical (unpaired) electrons. The zero-order valence-electron chi connectivity index (χ0n) is 25.3.